The number of likely N-dealkylation sites (tertiary alicyclic amines) is 1. The van der Waals surface area contributed by atoms with Crippen LogP contribution < -0.4 is 10.9 Å². The summed E-state index contributed by atoms with van der Waals surface area (Å²) in [6.07, 6.45) is 5.53. The van der Waals surface area contributed by atoms with Crippen molar-refractivity contribution >= 4 is 5.91 Å². The zero-order valence-corrected chi connectivity index (χ0v) is 11.2. The van der Waals surface area contributed by atoms with Gasteiger partial charge >= 0.3 is 0 Å². The molecular weight excluding hydrogens is 240 g/mol. The third-order valence-electron chi connectivity index (χ3n) is 4.21. The van der Waals surface area contributed by atoms with Crippen LogP contribution in [0.15, 0.2) is 24.5 Å². The normalized spacial score (nSPS) is 30.8. The van der Waals surface area contributed by atoms with Gasteiger partial charge in [-0.3, -0.25) is 20.6 Å². The number of nitrogens with one attached hydrogen (secondary N) is 2. The van der Waals surface area contributed by atoms with Gasteiger partial charge in [-0.25, -0.2) is 0 Å². The second-order valence-corrected chi connectivity index (χ2v) is 5.47. The molecule has 5 nitrogen and oxygen atoms in total. The van der Waals surface area contributed by atoms with E-state index in [1.165, 1.54) is 0 Å². The number of amides is 1. The number of carbonyl (C=O) groups excluding carboxylic acids is 1. The fourth-order valence-electron chi connectivity index (χ4n) is 3.16. The number of hydrogen-bond acceptors (Lipinski definition) is 4. The molecule has 0 saturated carbocycles. The lowest BCUT2D eigenvalue weighted by molar-refractivity contribution is 0.0698. The van der Waals surface area contributed by atoms with Gasteiger partial charge in [-0.05, 0) is 30.9 Å². The summed E-state index contributed by atoms with van der Waals surface area (Å²) in [6.45, 7) is 4.06. The van der Waals surface area contributed by atoms with Gasteiger partial charge in [-0.1, -0.05) is 6.92 Å². The minimum Gasteiger partial charge on any atom is -0.334 e. The van der Waals surface area contributed by atoms with Crippen molar-refractivity contribution in [1.82, 2.24) is 20.7 Å². The van der Waals surface area contributed by atoms with Crippen molar-refractivity contribution < 1.29 is 4.79 Å². The molecule has 1 aromatic heterocycles. The maximum Gasteiger partial charge on any atom is 0.254 e. The summed E-state index contributed by atoms with van der Waals surface area (Å²) in [5.41, 5.74) is 7.27. The number of carbonyl (C=O) groups is 1. The second-order valence-electron chi connectivity index (χ2n) is 5.47. The molecular formula is C14H20N4O. The summed E-state index contributed by atoms with van der Waals surface area (Å²) in [5.74, 6) is 0.682. The molecule has 2 aliphatic heterocycles. The van der Waals surface area contributed by atoms with Crippen molar-refractivity contribution in [1.29, 1.82) is 0 Å². The van der Waals surface area contributed by atoms with E-state index < -0.39 is 0 Å². The first-order valence-corrected chi connectivity index (χ1v) is 6.97. The highest BCUT2D eigenvalue weighted by molar-refractivity contribution is 5.94. The van der Waals surface area contributed by atoms with Gasteiger partial charge in [-0.15, -0.1) is 0 Å². The average Bonchev–Trinajstić information content (AvgIpc) is 3.07. The van der Waals surface area contributed by atoms with Gasteiger partial charge in [0.15, 0.2) is 0 Å². The lowest BCUT2D eigenvalue weighted by atomic mass is 9.95. The number of pyridine rings is 1. The molecule has 0 aromatic carbocycles. The molecule has 0 aliphatic carbocycles. The minimum atomic E-state index is 0.130. The standard InChI is InChI=1S/C14H20N4O/c1-10-9-16-17-13(10)12-3-2-8-18(12)14(19)11-4-6-15-7-5-11/h4-7,10,12-13,16-17H,2-3,8-9H2,1H3. The molecule has 0 spiro atoms. The number of hydrogen-bond donors (Lipinski definition) is 2. The predicted octanol–water partition coefficient (Wildman–Crippen LogP) is 0.799. The van der Waals surface area contributed by atoms with E-state index in [0.717, 1.165) is 31.5 Å². The van der Waals surface area contributed by atoms with Crippen LogP contribution in [0, 0.1) is 5.92 Å². The van der Waals surface area contributed by atoms with Gasteiger partial charge in [0.25, 0.3) is 5.91 Å². The van der Waals surface area contributed by atoms with Gasteiger partial charge in [0.1, 0.15) is 0 Å². The largest absolute Gasteiger partial charge is 0.334 e. The fourth-order valence-corrected chi connectivity index (χ4v) is 3.16. The third-order valence-corrected chi connectivity index (χ3v) is 4.21. The van der Waals surface area contributed by atoms with E-state index in [1.807, 2.05) is 4.90 Å². The van der Waals surface area contributed by atoms with Crippen LogP contribution in [0.3, 0.4) is 0 Å². The Morgan fingerprint density at radius 2 is 2.21 bits per heavy atom. The van der Waals surface area contributed by atoms with Crippen LogP contribution in [0.5, 0.6) is 0 Å². The highest BCUT2D eigenvalue weighted by Gasteiger charge is 2.39. The predicted molar refractivity (Wildman–Crippen MR) is 72.4 cm³/mol. The molecule has 5 heteroatoms. The second kappa shape index (κ2) is 5.27. The zero-order valence-electron chi connectivity index (χ0n) is 11.2. The number of nitrogens with zero attached hydrogens (tertiary/aromatic N) is 2. The Balaban J connectivity index is 1.78. The van der Waals surface area contributed by atoms with Crippen LogP contribution >= 0.6 is 0 Å². The maximum atomic E-state index is 12.6. The molecule has 1 amide bonds. The average molecular weight is 260 g/mol. The van der Waals surface area contributed by atoms with Crippen molar-refractivity contribution in [3.8, 4) is 0 Å². The summed E-state index contributed by atoms with van der Waals surface area (Å²) in [7, 11) is 0. The van der Waals surface area contributed by atoms with Crippen molar-refractivity contribution in [2.75, 3.05) is 13.1 Å². The Labute approximate surface area is 113 Å². The van der Waals surface area contributed by atoms with Crippen molar-refractivity contribution in [2.45, 2.75) is 31.8 Å². The van der Waals surface area contributed by atoms with E-state index in [1.54, 1.807) is 24.5 Å². The zero-order chi connectivity index (χ0) is 13.2. The molecule has 3 unspecified atom stereocenters. The van der Waals surface area contributed by atoms with E-state index in [4.69, 9.17) is 0 Å². The lowest BCUT2D eigenvalue weighted by Gasteiger charge is -2.31. The number of aromatic nitrogens is 1. The van der Waals surface area contributed by atoms with E-state index in [0.29, 0.717) is 18.0 Å². The lowest BCUT2D eigenvalue weighted by Crippen LogP contribution is -2.49. The highest BCUT2D eigenvalue weighted by Crippen LogP contribution is 2.26. The Bertz CT molecular complexity index is 450. The quantitative estimate of drug-likeness (QED) is 0.826. The molecule has 1 aromatic rings. The molecule has 2 fully saturated rings. The summed E-state index contributed by atoms with van der Waals surface area (Å²) < 4.78 is 0. The van der Waals surface area contributed by atoms with Gasteiger partial charge < -0.3 is 4.90 Å². The molecule has 2 saturated heterocycles. The van der Waals surface area contributed by atoms with Crippen molar-refractivity contribution in [3.63, 3.8) is 0 Å². The van der Waals surface area contributed by atoms with E-state index in [2.05, 4.69) is 22.8 Å². The first-order chi connectivity index (χ1) is 9.27. The van der Waals surface area contributed by atoms with Crippen LogP contribution in [0.25, 0.3) is 0 Å². The highest BCUT2D eigenvalue weighted by atomic mass is 16.2. The Hall–Kier alpha value is -1.46. The molecule has 0 radical (unpaired) electrons. The topological polar surface area (TPSA) is 57.3 Å². The molecule has 3 rings (SSSR count). The Morgan fingerprint density at radius 1 is 1.42 bits per heavy atom. The molecule has 3 heterocycles. The molecule has 102 valence electrons. The smallest absolute Gasteiger partial charge is 0.254 e. The van der Waals surface area contributed by atoms with E-state index >= 15 is 0 Å². The Morgan fingerprint density at radius 3 is 2.89 bits per heavy atom. The molecule has 19 heavy (non-hydrogen) atoms. The van der Waals surface area contributed by atoms with Crippen molar-refractivity contribution in [3.05, 3.63) is 30.1 Å². The maximum absolute atomic E-state index is 12.6. The summed E-state index contributed by atoms with van der Waals surface area (Å²) in [5, 5.41) is 0. The van der Waals surface area contributed by atoms with Crippen LogP contribution in [0.4, 0.5) is 0 Å². The Kier molecular flexibility index (Phi) is 3.48. The fraction of sp³-hybridized carbons (Fsp3) is 0.571. The first-order valence-electron chi connectivity index (χ1n) is 6.97. The van der Waals surface area contributed by atoms with Crippen LogP contribution in [-0.2, 0) is 0 Å². The summed E-state index contributed by atoms with van der Waals surface area (Å²) in [6, 6.07) is 4.24. The first kappa shape index (κ1) is 12.6. The number of rotatable bonds is 2. The summed E-state index contributed by atoms with van der Waals surface area (Å²) >= 11 is 0. The number of hydrazine groups is 1. The van der Waals surface area contributed by atoms with E-state index in [-0.39, 0.29) is 5.91 Å². The monoisotopic (exact) mass is 260 g/mol. The van der Waals surface area contributed by atoms with Crippen molar-refractivity contribution in [2.24, 2.45) is 5.92 Å². The van der Waals surface area contributed by atoms with Gasteiger partial charge in [0.05, 0.1) is 0 Å². The molecule has 3 atom stereocenters. The van der Waals surface area contributed by atoms with E-state index in [9.17, 15) is 4.79 Å². The van der Waals surface area contributed by atoms with Crippen LogP contribution in [0.2, 0.25) is 0 Å². The van der Waals surface area contributed by atoms with Gasteiger partial charge in [0, 0.05) is 43.1 Å². The molecule has 2 aliphatic rings. The van der Waals surface area contributed by atoms with Gasteiger partial charge in [-0.2, -0.15) is 0 Å². The van der Waals surface area contributed by atoms with Crippen LogP contribution in [-0.4, -0.2) is 41.0 Å². The minimum absolute atomic E-state index is 0.130. The molecule has 2 N–H and O–H groups in total. The molecule has 0 bridgehead atoms. The van der Waals surface area contributed by atoms with Gasteiger partial charge in [0.2, 0.25) is 0 Å². The third kappa shape index (κ3) is 2.35. The van der Waals surface area contributed by atoms with Crippen LogP contribution in [0.1, 0.15) is 30.1 Å². The SMILES string of the molecule is CC1CNNC1C1CCCN1C(=O)c1ccncc1. The summed E-state index contributed by atoms with van der Waals surface area (Å²) in [4.78, 5) is 18.6.